The summed E-state index contributed by atoms with van der Waals surface area (Å²) in [5, 5.41) is 5.27. The molecule has 0 aliphatic carbocycles. The standard InChI is InChI=1S/C29H39O.C20H21.2CH3.2ClH.Si.Zr/c1-18-12-19-16-24(29(8,9)10)26(30-11)25(23(19)13-18)20-14-21(27(2,3)4)17-22(15-20)28(5,6)7;1-14-12-16-6-5-7-18(19(16)13-14)15-8-10-17(11-9-15)20(2,3)4;;;;;;/h12-17H,1-11H3;5-13H,1-4H3;2*1H3;2*1H;;/q4*-1;;;;. The van der Waals surface area contributed by atoms with Gasteiger partial charge < -0.3 is 19.6 Å². The van der Waals surface area contributed by atoms with Crippen LogP contribution in [0.5, 0.6) is 5.75 Å². The summed E-state index contributed by atoms with van der Waals surface area (Å²) in [6, 6.07) is 34.2. The molecule has 0 spiro atoms. The van der Waals surface area contributed by atoms with Gasteiger partial charge in [-0.3, -0.25) is 0 Å². The number of aryl methyl sites for hydroxylation is 2. The Morgan fingerprint density at radius 1 is 0.518 bits per heavy atom. The van der Waals surface area contributed by atoms with Gasteiger partial charge in [-0.25, -0.2) is 0 Å². The Morgan fingerprint density at radius 2 is 0.982 bits per heavy atom. The summed E-state index contributed by atoms with van der Waals surface area (Å²) in [5.41, 5.74) is 13.5. The van der Waals surface area contributed by atoms with Gasteiger partial charge in [-0.15, -0.1) is 87.8 Å². The molecular formula is C51H68Cl2OSiZr-4. The van der Waals surface area contributed by atoms with Crippen LogP contribution >= 0.6 is 24.8 Å². The molecular weight excluding hydrogens is 819 g/mol. The van der Waals surface area contributed by atoms with E-state index in [4.69, 9.17) is 4.74 Å². The second kappa shape index (κ2) is 20.5. The molecule has 0 saturated heterocycles. The van der Waals surface area contributed by atoms with Crippen molar-refractivity contribution in [3.8, 4) is 28.0 Å². The minimum absolute atomic E-state index is 0. The van der Waals surface area contributed by atoms with Gasteiger partial charge in [0, 0.05) is 0 Å². The number of methoxy groups -OCH3 is 1. The quantitative estimate of drug-likeness (QED) is 0.127. The maximum atomic E-state index is 6.13. The number of benzene rings is 4. The Morgan fingerprint density at radius 3 is 1.43 bits per heavy atom. The molecule has 0 fully saturated rings. The van der Waals surface area contributed by atoms with Crippen LogP contribution in [0.3, 0.4) is 0 Å². The molecule has 0 unspecified atom stereocenters. The second-order valence-electron chi connectivity index (χ2n) is 18.6. The molecule has 0 aromatic heterocycles. The second-order valence-corrected chi connectivity index (χ2v) is 18.6. The van der Waals surface area contributed by atoms with Crippen molar-refractivity contribution in [1.82, 2.24) is 0 Å². The van der Waals surface area contributed by atoms with E-state index in [2.05, 4.69) is 195 Å². The van der Waals surface area contributed by atoms with Crippen LogP contribution < -0.4 is 4.74 Å². The van der Waals surface area contributed by atoms with Crippen molar-refractivity contribution in [1.29, 1.82) is 0 Å². The average molecular weight is 887 g/mol. The Balaban J connectivity index is 0.00000102. The van der Waals surface area contributed by atoms with Gasteiger partial charge in [0.15, 0.2) is 0 Å². The fourth-order valence-corrected chi connectivity index (χ4v) is 6.97. The number of ether oxygens (including phenoxy) is 1. The molecule has 2 radical (unpaired) electrons. The first-order valence-corrected chi connectivity index (χ1v) is 22.7. The summed E-state index contributed by atoms with van der Waals surface area (Å²) in [4.78, 5) is 0. The SMILES string of the molecule is COc1c(C(C)(C)C)cc2[cH-]c(C)cc2c1-c1cc(C(C)(C)C)cc(C(C)(C)C)c1.Cc1cc2c(-c3ccc(C(C)(C)C)cc3)cccc2[cH-]1.Cl.Cl.[CH3-].[CH3-].[Si]=[Zr]. The molecule has 0 aliphatic rings. The summed E-state index contributed by atoms with van der Waals surface area (Å²) in [5.74, 6) is 1.01. The Hall–Kier alpha value is -2.42. The van der Waals surface area contributed by atoms with Gasteiger partial charge in [0.25, 0.3) is 0 Å². The van der Waals surface area contributed by atoms with Crippen LogP contribution in [0.2, 0.25) is 0 Å². The van der Waals surface area contributed by atoms with Crippen molar-refractivity contribution in [2.75, 3.05) is 7.11 Å². The van der Waals surface area contributed by atoms with Gasteiger partial charge >= 0.3 is 30.2 Å². The van der Waals surface area contributed by atoms with Crippen molar-refractivity contribution < 1.29 is 28.1 Å². The van der Waals surface area contributed by atoms with Crippen LogP contribution in [-0.2, 0) is 45.0 Å². The normalized spacial score (nSPS) is 11.4. The van der Waals surface area contributed by atoms with Crippen LogP contribution in [0.4, 0.5) is 0 Å². The average Bonchev–Trinajstić information content (AvgIpc) is 3.63. The fourth-order valence-electron chi connectivity index (χ4n) is 6.97. The van der Waals surface area contributed by atoms with Crippen molar-refractivity contribution in [3.63, 3.8) is 0 Å². The van der Waals surface area contributed by atoms with Crippen LogP contribution in [0, 0.1) is 28.7 Å². The van der Waals surface area contributed by atoms with E-state index < -0.39 is 0 Å². The molecule has 0 heterocycles. The Kier molecular flexibility index (Phi) is 19.6. The zero-order chi connectivity index (χ0) is 39.0. The zero-order valence-corrected chi connectivity index (χ0v) is 42.5. The molecule has 0 atom stereocenters. The van der Waals surface area contributed by atoms with Crippen molar-refractivity contribution >= 4 is 53.2 Å². The molecule has 0 amide bonds. The molecule has 6 aromatic carbocycles. The molecule has 6 aromatic rings. The first-order valence-electron chi connectivity index (χ1n) is 18.5. The van der Waals surface area contributed by atoms with Gasteiger partial charge in [-0.1, -0.05) is 151 Å². The topological polar surface area (TPSA) is 9.23 Å². The summed E-state index contributed by atoms with van der Waals surface area (Å²) >= 11 is 1.36. The number of fused-ring (bicyclic) bond motifs is 2. The zero-order valence-electron chi connectivity index (χ0n) is 37.4. The van der Waals surface area contributed by atoms with Gasteiger partial charge in [0.2, 0.25) is 0 Å². The van der Waals surface area contributed by atoms with Crippen molar-refractivity contribution in [2.24, 2.45) is 0 Å². The molecule has 56 heavy (non-hydrogen) atoms. The van der Waals surface area contributed by atoms with E-state index >= 15 is 0 Å². The Bertz CT molecular complexity index is 2130. The molecule has 1 nitrogen and oxygen atoms in total. The summed E-state index contributed by atoms with van der Waals surface area (Å²) < 4.78 is 6.13. The predicted molar refractivity (Wildman–Crippen MR) is 254 cm³/mol. The van der Waals surface area contributed by atoms with E-state index in [0.717, 1.165) is 5.75 Å². The fraction of sp³-hybridized carbons (Fsp3) is 0.373. The first kappa shape index (κ1) is 53.6. The molecule has 304 valence electrons. The summed E-state index contributed by atoms with van der Waals surface area (Å²) in [7, 11) is 1.81. The minimum atomic E-state index is -0.00600. The third kappa shape index (κ3) is 12.3. The van der Waals surface area contributed by atoms with Crippen LogP contribution in [0.1, 0.15) is 116 Å². The number of hydrogen-bond donors (Lipinski definition) is 0. The molecule has 0 bridgehead atoms. The first-order chi connectivity index (χ1) is 24.1. The Labute approximate surface area is 371 Å². The number of hydrogen-bond acceptors (Lipinski definition) is 1. The molecule has 6 rings (SSSR count). The van der Waals surface area contributed by atoms with E-state index in [-0.39, 0.29) is 61.3 Å². The number of rotatable bonds is 3. The third-order valence-electron chi connectivity index (χ3n) is 10.0. The molecule has 0 saturated carbocycles. The van der Waals surface area contributed by atoms with Gasteiger partial charge in [0.1, 0.15) is 5.75 Å². The van der Waals surface area contributed by atoms with E-state index in [1.807, 2.05) is 7.11 Å². The van der Waals surface area contributed by atoms with E-state index in [1.54, 1.807) is 0 Å². The monoisotopic (exact) mass is 884 g/mol. The summed E-state index contributed by atoms with van der Waals surface area (Å²) in [6.07, 6.45) is 0. The van der Waals surface area contributed by atoms with Crippen LogP contribution in [-0.4, -0.2) is 14.0 Å². The maximum absolute atomic E-state index is 6.13. The van der Waals surface area contributed by atoms with Gasteiger partial charge in [-0.05, 0) is 60.6 Å². The van der Waals surface area contributed by atoms with Gasteiger partial charge in [-0.2, -0.15) is 12.1 Å². The predicted octanol–water partition coefficient (Wildman–Crippen LogP) is 15.6. The molecule has 0 N–H and O–H groups in total. The van der Waals surface area contributed by atoms with Crippen molar-refractivity contribution in [2.45, 2.75) is 119 Å². The van der Waals surface area contributed by atoms with Gasteiger partial charge in [0.05, 0.1) is 7.11 Å². The van der Waals surface area contributed by atoms with Crippen LogP contribution in [0.15, 0.2) is 91.0 Å². The van der Waals surface area contributed by atoms with Crippen molar-refractivity contribution in [3.05, 3.63) is 139 Å². The van der Waals surface area contributed by atoms with Crippen LogP contribution in [0.25, 0.3) is 43.8 Å². The summed E-state index contributed by atoms with van der Waals surface area (Å²) in [6.45, 7) is 34.7. The van der Waals surface area contributed by atoms with E-state index in [1.165, 1.54) is 101 Å². The third-order valence-corrected chi connectivity index (χ3v) is 10.0. The van der Waals surface area contributed by atoms with E-state index in [9.17, 15) is 0 Å². The number of halogens is 2. The van der Waals surface area contributed by atoms with E-state index in [0.29, 0.717) is 0 Å². The molecule has 0 aliphatic heterocycles. The molecule has 5 heteroatoms.